The minimum Gasteiger partial charge on any atom is -0.477 e. The molecule has 0 aromatic heterocycles. The van der Waals surface area contributed by atoms with Crippen molar-refractivity contribution in [2.24, 2.45) is 5.73 Å². The second-order valence-corrected chi connectivity index (χ2v) is 12.9. The van der Waals surface area contributed by atoms with Crippen LogP contribution in [-0.2, 0) is 14.3 Å². The Morgan fingerprint density at radius 2 is 2.16 bits per heavy atom. The number of aliphatic carboxylic acids is 1. The first-order valence-electron chi connectivity index (χ1n) is 10.1. The molecule has 0 saturated carbocycles. The van der Waals surface area contributed by atoms with E-state index < -0.39 is 34.6 Å². The van der Waals surface area contributed by atoms with Crippen molar-refractivity contribution in [1.29, 1.82) is 0 Å². The van der Waals surface area contributed by atoms with Crippen LogP contribution in [0.1, 0.15) is 27.7 Å². The molecule has 0 aromatic carbocycles. The molecule has 0 bridgehead atoms. The third-order valence-electron chi connectivity index (χ3n) is 5.09. The molecule has 3 aliphatic rings. The average Bonchev–Trinajstić information content (AvgIpc) is 2.98. The number of thiocarbonyl (C=S) groups is 1. The average molecular weight is 521 g/mol. The topological polar surface area (TPSA) is 125 Å². The highest BCUT2D eigenvalue weighted by Crippen LogP contribution is 2.49. The zero-order valence-corrected chi connectivity index (χ0v) is 21.6. The van der Waals surface area contributed by atoms with Gasteiger partial charge in [0.25, 0.3) is 5.91 Å². The lowest BCUT2D eigenvalue weighted by Crippen LogP contribution is -2.85. The minimum atomic E-state index is -1.31. The van der Waals surface area contributed by atoms with Crippen LogP contribution < -0.4 is 11.1 Å². The van der Waals surface area contributed by atoms with E-state index in [1.807, 2.05) is 11.8 Å². The summed E-state index contributed by atoms with van der Waals surface area (Å²) in [6.45, 7) is 7.81. The fourth-order valence-corrected chi connectivity index (χ4v) is 8.02. The van der Waals surface area contributed by atoms with Crippen LogP contribution in [0.2, 0.25) is 0 Å². The normalized spacial score (nSPS) is 30.5. The van der Waals surface area contributed by atoms with Gasteiger partial charge < -0.3 is 20.9 Å². The van der Waals surface area contributed by atoms with Crippen molar-refractivity contribution >= 4 is 69.7 Å². The fourth-order valence-electron chi connectivity index (χ4n) is 3.83. The van der Waals surface area contributed by atoms with E-state index in [2.05, 4.69) is 5.32 Å². The maximum atomic E-state index is 13.1. The number of fused-ring (bicyclic) bond motifs is 1. The number of β-lactam (4-membered cyclic amide) rings is 1. The van der Waals surface area contributed by atoms with Crippen LogP contribution in [0.4, 0.5) is 4.79 Å². The number of hydrogen-bond donors (Lipinski definition) is 3. The molecule has 178 valence electrons. The van der Waals surface area contributed by atoms with Crippen LogP contribution in [-0.4, -0.2) is 88.9 Å². The number of ether oxygens (including phenoxy) is 1. The lowest BCUT2D eigenvalue weighted by molar-refractivity contribution is -0.168. The van der Waals surface area contributed by atoms with E-state index in [4.69, 9.17) is 22.7 Å². The van der Waals surface area contributed by atoms with Gasteiger partial charge in [0.1, 0.15) is 16.7 Å². The Labute approximate surface area is 205 Å². The highest BCUT2D eigenvalue weighted by atomic mass is 32.2. The van der Waals surface area contributed by atoms with Gasteiger partial charge in [0.2, 0.25) is 0 Å². The Kier molecular flexibility index (Phi) is 7.77. The monoisotopic (exact) mass is 520 g/mol. The second kappa shape index (κ2) is 9.71. The molecule has 4 atom stereocenters. The van der Waals surface area contributed by atoms with Crippen LogP contribution in [0.5, 0.6) is 0 Å². The molecule has 0 aliphatic carbocycles. The first-order valence-corrected chi connectivity index (χ1v) is 13.6. The molecule has 0 radical (unpaired) electrons. The maximum Gasteiger partial charge on any atom is 0.407 e. The molecule has 13 heteroatoms. The van der Waals surface area contributed by atoms with Crippen molar-refractivity contribution in [2.45, 2.75) is 55.7 Å². The van der Waals surface area contributed by atoms with Crippen LogP contribution in [0.25, 0.3) is 0 Å². The number of thioether (sulfide) groups is 3. The van der Waals surface area contributed by atoms with Gasteiger partial charge in [-0.2, -0.15) is 11.8 Å². The molecule has 3 rings (SSSR count). The number of hydrogen-bond acceptors (Lipinski definition) is 10. The van der Waals surface area contributed by atoms with Crippen molar-refractivity contribution in [3.63, 3.8) is 0 Å². The van der Waals surface area contributed by atoms with E-state index in [1.165, 1.54) is 28.4 Å². The number of nitrogens with two attached hydrogens (primary N) is 1. The van der Waals surface area contributed by atoms with E-state index in [0.717, 1.165) is 4.20 Å². The predicted octanol–water partition coefficient (Wildman–Crippen LogP) is 1.87. The lowest BCUT2D eigenvalue weighted by atomic mass is 9.94. The number of rotatable bonds is 7. The smallest absolute Gasteiger partial charge is 0.407 e. The van der Waals surface area contributed by atoms with Gasteiger partial charge in [-0.05, 0) is 33.8 Å². The summed E-state index contributed by atoms with van der Waals surface area (Å²) in [5.41, 5.74) is 4.80. The number of carbonyl (C=O) groups is 3. The van der Waals surface area contributed by atoms with E-state index >= 15 is 0 Å². The maximum absolute atomic E-state index is 13.1. The lowest BCUT2D eigenvalue weighted by Gasteiger charge is -2.59. The van der Waals surface area contributed by atoms with E-state index in [9.17, 15) is 19.5 Å². The SMILES string of the molecule is CC1SC(=S)C(CSCCNC(=O)OC(C)(C)C)N1[C@]1(N)C(=O)N2C(C(=O)O)=CCS[C@H]21. The highest BCUT2D eigenvalue weighted by molar-refractivity contribution is 8.24. The molecule has 2 saturated heterocycles. The third kappa shape index (κ3) is 4.92. The summed E-state index contributed by atoms with van der Waals surface area (Å²) in [5, 5.41) is 11.6. The Morgan fingerprint density at radius 1 is 1.47 bits per heavy atom. The number of carboxylic acid groups (broad SMARTS) is 1. The van der Waals surface area contributed by atoms with Crippen LogP contribution in [0.3, 0.4) is 0 Å². The van der Waals surface area contributed by atoms with Crippen molar-refractivity contribution in [3.05, 3.63) is 11.8 Å². The van der Waals surface area contributed by atoms with Gasteiger partial charge in [0.15, 0.2) is 5.66 Å². The summed E-state index contributed by atoms with van der Waals surface area (Å²) < 4.78 is 5.98. The van der Waals surface area contributed by atoms with Gasteiger partial charge in [-0.1, -0.05) is 24.0 Å². The fraction of sp³-hybridized carbons (Fsp3) is 0.684. The van der Waals surface area contributed by atoms with Gasteiger partial charge in [-0.15, -0.1) is 11.8 Å². The Bertz CT molecular complexity index is 848. The molecular weight excluding hydrogens is 493 g/mol. The van der Waals surface area contributed by atoms with Gasteiger partial charge >= 0.3 is 12.1 Å². The van der Waals surface area contributed by atoms with Crippen molar-refractivity contribution in [1.82, 2.24) is 15.1 Å². The molecule has 0 spiro atoms. The molecule has 2 unspecified atom stereocenters. The van der Waals surface area contributed by atoms with Crippen molar-refractivity contribution in [2.75, 3.05) is 23.8 Å². The Morgan fingerprint density at radius 3 is 2.78 bits per heavy atom. The predicted molar refractivity (Wildman–Crippen MR) is 133 cm³/mol. The molecule has 3 heterocycles. The van der Waals surface area contributed by atoms with Crippen molar-refractivity contribution < 1.29 is 24.2 Å². The molecule has 0 aromatic rings. The van der Waals surface area contributed by atoms with E-state index in [-0.39, 0.29) is 17.1 Å². The molecular formula is C19H28N4O5S4. The molecule has 2 fully saturated rings. The van der Waals surface area contributed by atoms with Gasteiger partial charge in [-0.3, -0.25) is 14.6 Å². The zero-order chi connectivity index (χ0) is 23.8. The number of amides is 2. The van der Waals surface area contributed by atoms with Crippen LogP contribution >= 0.6 is 47.5 Å². The Hall–Kier alpha value is -0.990. The van der Waals surface area contributed by atoms with Crippen molar-refractivity contribution in [3.8, 4) is 0 Å². The number of carboxylic acids is 1. The molecule has 2 amide bonds. The summed E-state index contributed by atoms with van der Waals surface area (Å²) in [4.78, 5) is 39.6. The molecule has 3 aliphatic heterocycles. The molecule has 9 nitrogen and oxygen atoms in total. The highest BCUT2D eigenvalue weighted by Gasteiger charge is 2.67. The van der Waals surface area contributed by atoms with E-state index in [0.29, 0.717) is 23.8 Å². The summed E-state index contributed by atoms with van der Waals surface area (Å²) in [7, 11) is 0. The first kappa shape index (κ1) is 25.6. The molecule has 4 N–H and O–H groups in total. The Balaban J connectivity index is 1.61. The summed E-state index contributed by atoms with van der Waals surface area (Å²) >= 11 is 10.1. The van der Waals surface area contributed by atoms with Gasteiger partial charge in [0.05, 0.1) is 15.6 Å². The number of carbonyl (C=O) groups excluding carboxylic acids is 2. The second-order valence-electron chi connectivity index (χ2n) is 8.54. The van der Waals surface area contributed by atoms with E-state index in [1.54, 1.807) is 38.6 Å². The summed E-state index contributed by atoms with van der Waals surface area (Å²) in [6.07, 6.45) is 1.08. The van der Waals surface area contributed by atoms with Gasteiger partial charge in [-0.25, -0.2) is 9.59 Å². The standard InChI is InChI=1S/C19H28N4O5S4/c1-10-23(19(20)15(26)22-11(13(24)25)5-7-31-16(19)22)12(14(29)32-10)9-30-8-6-21-17(27)28-18(2,3)4/h5,10,12,16H,6-9,20H2,1-4H3,(H,21,27)(H,24,25)/t10?,12?,16-,19+/m0/s1. The van der Waals surface area contributed by atoms with Crippen LogP contribution in [0, 0.1) is 0 Å². The minimum absolute atomic E-state index is 0.0129. The zero-order valence-electron chi connectivity index (χ0n) is 18.3. The number of nitrogens with zero attached hydrogens (tertiary/aromatic N) is 2. The first-order chi connectivity index (χ1) is 14.9. The van der Waals surface area contributed by atoms with Gasteiger partial charge in [0, 0.05) is 23.8 Å². The quantitative estimate of drug-likeness (QED) is 0.259. The number of alkyl carbamates (subject to hydrolysis) is 1. The molecule has 32 heavy (non-hydrogen) atoms. The number of nitrogens with one attached hydrogen (secondary N) is 1. The van der Waals surface area contributed by atoms with Crippen LogP contribution in [0.15, 0.2) is 11.8 Å². The third-order valence-corrected chi connectivity index (χ3v) is 9.01. The summed E-state index contributed by atoms with van der Waals surface area (Å²) in [6, 6.07) is -0.215. The largest absolute Gasteiger partial charge is 0.477 e. The summed E-state index contributed by atoms with van der Waals surface area (Å²) in [5.74, 6) is 0.186.